The minimum Gasteiger partial charge on any atom is -0.506 e. The monoisotopic (exact) mass is 299 g/mol. The lowest BCUT2D eigenvalue weighted by Gasteiger charge is -2.21. The van der Waals surface area contributed by atoms with E-state index in [-0.39, 0.29) is 40.7 Å². The van der Waals surface area contributed by atoms with Crippen LogP contribution in [0.4, 0.5) is 13.2 Å². The zero-order chi connectivity index (χ0) is 13.6. The summed E-state index contributed by atoms with van der Waals surface area (Å²) < 4.78 is 38.0. The number of aromatic hydroxyl groups is 1. The van der Waals surface area contributed by atoms with Gasteiger partial charge in [-0.05, 0) is 25.0 Å². The van der Waals surface area contributed by atoms with Crippen molar-refractivity contribution in [3.63, 3.8) is 0 Å². The molecule has 0 unspecified atom stereocenters. The first kappa shape index (κ1) is 13.8. The Labute approximate surface area is 112 Å². The van der Waals surface area contributed by atoms with Gasteiger partial charge in [0.05, 0.1) is 5.02 Å². The number of rotatable bonds is 3. The highest BCUT2D eigenvalue weighted by atomic mass is 35.5. The SMILES string of the molecule is Oc1c(Cl)cc(Cl)cc1CNC1(C(F)(F)F)CC1. The van der Waals surface area contributed by atoms with Crippen LogP contribution in [0.1, 0.15) is 18.4 Å². The van der Waals surface area contributed by atoms with Gasteiger partial charge in [0.2, 0.25) is 0 Å². The number of phenolic OH excluding ortho intramolecular Hbond substituents is 1. The van der Waals surface area contributed by atoms with Crippen LogP contribution in [-0.2, 0) is 6.54 Å². The van der Waals surface area contributed by atoms with Gasteiger partial charge < -0.3 is 5.11 Å². The van der Waals surface area contributed by atoms with Crippen molar-refractivity contribution in [2.45, 2.75) is 31.1 Å². The van der Waals surface area contributed by atoms with E-state index in [1.807, 2.05) is 0 Å². The van der Waals surface area contributed by atoms with Crippen molar-refractivity contribution in [2.24, 2.45) is 0 Å². The topological polar surface area (TPSA) is 32.3 Å². The summed E-state index contributed by atoms with van der Waals surface area (Å²) in [6, 6.07) is 2.72. The molecule has 0 aliphatic heterocycles. The molecule has 1 aliphatic rings. The number of phenols is 1. The Bertz CT molecular complexity index is 472. The van der Waals surface area contributed by atoms with Crippen molar-refractivity contribution >= 4 is 23.2 Å². The highest BCUT2D eigenvalue weighted by molar-refractivity contribution is 6.35. The van der Waals surface area contributed by atoms with Gasteiger partial charge in [0.1, 0.15) is 11.3 Å². The Morgan fingerprint density at radius 2 is 1.89 bits per heavy atom. The van der Waals surface area contributed by atoms with Gasteiger partial charge in [-0.25, -0.2) is 0 Å². The first-order valence-electron chi connectivity index (χ1n) is 5.24. The highest BCUT2D eigenvalue weighted by Gasteiger charge is 2.62. The Balaban J connectivity index is 2.12. The molecule has 0 heterocycles. The third-order valence-electron chi connectivity index (χ3n) is 3.02. The second-order valence-electron chi connectivity index (χ2n) is 4.33. The van der Waals surface area contributed by atoms with Gasteiger partial charge in [0, 0.05) is 17.1 Å². The average Bonchev–Trinajstić information content (AvgIpc) is 3.01. The van der Waals surface area contributed by atoms with Crippen LogP contribution in [-0.4, -0.2) is 16.8 Å². The fourth-order valence-corrected chi connectivity index (χ4v) is 2.24. The molecule has 7 heteroatoms. The van der Waals surface area contributed by atoms with Crippen LogP contribution < -0.4 is 5.32 Å². The van der Waals surface area contributed by atoms with E-state index in [4.69, 9.17) is 23.2 Å². The number of alkyl halides is 3. The van der Waals surface area contributed by atoms with Crippen LogP contribution in [0.25, 0.3) is 0 Å². The molecular weight excluding hydrogens is 290 g/mol. The molecule has 2 rings (SSSR count). The lowest BCUT2D eigenvalue weighted by Crippen LogP contribution is -2.44. The normalized spacial score (nSPS) is 17.8. The maximum atomic E-state index is 12.7. The van der Waals surface area contributed by atoms with Crippen LogP contribution in [0, 0.1) is 0 Å². The molecule has 1 saturated carbocycles. The second kappa shape index (κ2) is 4.47. The third kappa shape index (κ3) is 2.53. The standard InChI is InChI=1S/C11H10Cl2F3NO/c12-7-3-6(9(18)8(13)4-7)5-17-10(1-2-10)11(14,15)16/h3-4,17-18H,1-2,5H2. The van der Waals surface area contributed by atoms with Crippen LogP contribution in [0.2, 0.25) is 10.0 Å². The van der Waals surface area contributed by atoms with E-state index >= 15 is 0 Å². The van der Waals surface area contributed by atoms with Gasteiger partial charge in [0.25, 0.3) is 0 Å². The van der Waals surface area contributed by atoms with E-state index in [9.17, 15) is 18.3 Å². The summed E-state index contributed by atoms with van der Waals surface area (Å²) in [6.07, 6.45) is -4.19. The Morgan fingerprint density at radius 1 is 1.28 bits per heavy atom. The minimum atomic E-state index is -4.29. The first-order valence-corrected chi connectivity index (χ1v) is 5.99. The average molecular weight is 300 g/mol. The molecular formula is C11H10Cl2F3NO. The molecule has 0 saturated heterocycles. The first-order chi connectivity index (χ1) is 8.25. The molecule has 1 aliphatic carbocycles. The quantitative estimate of drug-likeness (QED) is 0.888. The Morgan fingerprint density at radius 3 is 2.39 bits per heavy atom. The van der Waals surface area contributed by atoms with Gasteiger partial charge in [-0.15, -0.1) is 0 Å². The van der Waals surface area contributed by atoms with Crippen LogP contribution in [0.15, 0.2) is 12.1 Å². The summed E-state index contributed by atoms with van der Waals surface area (Å²) in [4.78, 5) is 0. The van der Waals surface area contributed by atoms with Gasteiger partial charge in [-0.2, -0.15) is 13.2 Å². The lowest BCUT2D eigenvalue weighted by molar-refractivity contribution is -0.166. The molecule has 1 fully saturated rings. The van der Waals surface area contributed by atoms with E-state index in [1.54, 1.807) is 0 Å². The van der Waals surface area contributed by atoms with Crippen molar-refractivity contribution in [1.29, 1.82) is 0 Å². The fourth-order valence-electron chi connectivity index (χ4n) is 1.70. The van der Waals surface area contributed by atoms with E-state index in [2.05, 4.69) is 5.32 Å². The summed E-state index contributed by atoms with van der Waals surface area (Å²) >= 11 is 11.4. The van der Waals surface area contributed by atoms with E-state index < -0.39 is 11.7 Å². The van der Waals surface area contributed by atoms with Crippen molar-refractivity contribution < 1.29 is 18.3 Å². The zero-order valence-corrected chi connectivity index (χ0v) is 10.6. The summed E-state index contributed by atoms with van der Waals surface area (Å²) in [6.45, 7) is -0.133. The van der Waals surface area contributed by atoms with E-state index in [0.717, 1.165) is 0 Å². The van der Waals surface area contributed by atoms with E-state index in [0.29, 0.717) is 0 Å². The largest absolute Gasteiger partial charge is 0.506 e. The molecule has 0 radical (unpaired) electrons. The molecule has 0 atom stereocenters. The summed E-state index contributed by atoms with van der Waals surface area (Å²) in [5.74, 6) is -0.244. The predicted octanol–water partition coefficient (Wildman–Crippen LogP) is 3.88. The molecule has 18 heavy (non-hydrogen) atoms. The van der Waals surface area contributed by atoms with Gasteiger partial charge in [-0.1, -0.05) is 23.2 Å². The molecule has 0 bridgehead atoms. The maximum absolute atomic E-state index is 12.7. The molecule has 2 N–H and O–H groups in total. The molecule has 0 spiro atoms. The second-order valence-corrected chi connectivity index (χ2v) is 5.17. The maximum Gasteiger partial charge on any atom is 0.406 e. The summed E-state index contributed by atoms with van der Waals surface area (Å²) in [7, 11) is 0. The van der Waals surface area contributed by atoms with E-state index in [1.165, 1.54) is 12.1 Å². The lowest BCUT2D eigenvalue weighted by atomic mass is 10.1. The molecule has 0 aromatic heterocycles. The Kier molecular flexibility index (Phi) is 3.42. The molecule has 0 amide bonds. The number of hydrogen-bond donors (Lipinski definition) is 2. The fraction of sp³-hybridized carbons (Fsp3) is 0.455. The van der Waals surface area contributed by atoms with Gasteiger partial charge in [0.15, 0.2) is 0 Å². The zero-order valence-electron chi connectivity index (χ0n) is 9.11. The van der Waals surface area contributed by atoms with Gasteiger partial charge >= 0.3 is 6.18 Å². The highest BCUT2D eigenvalue weighted by Crippen LogP contribution is 2.49. The smallest absolute Gasteiger partial charge is 0.406 e. The van der Waals surface area contributed by atoms with Crippen molar-refractivity contribution in [2.75, 3.05) is 0 Å². The van der Waals surface area contributed by atoms with Crippen molar-refractivity contribution in [3.8, 4) is 5.75 Å². The number of nitrogens with one attached hydrogen (secondary N) is 1. The molecule has 1 aromatic rings. The minimum absolute atomic E-state index is 0.0242. The number of halogens is 5. The van der Waals surface area contributed by atoms with Gasteiger partial charge in [-0.3, -0.25) is 5.32 Å². The third-order valence-corrected chi connectivity index (χ3v) is 3.52. The van der Waals surface area contributed by atoms with Crippen LogP contribution in [0.3, 0.4) is 0 Å². The number of hydrogen-bond acceptors (Lipinski definition) is 2. The summed E-state index contributed by atoms with van der Waals surface area (Å²) in [5.41, 5.74) is -1.57. The number of benzene rings is 1. The van der Waals surface area contributed by atoms with Crippen LogP contribution in [0.5, 0.6) is 5.75 Å². The summed E-state index contributed by atoms with van der Waals surface area (Å²) in [5, 5.41) is 12.3. The predicted molar refractivity (Wildman–Crippen MR) is 63.0 cm³/mol. The van der Waals surface area contributed by atoms with Crippen LogP contribution >= 0.6 is 23.2 Å². The molecule has 2 nitrogen and oxygen atoms in total. The Hall–Kier alpha value is -0.650. The van der Waals surface area contributed by atoms with Crippen molar-refractivity contribution in [1.82, 2.24) is 5.32 Å². The molecule has 1 aromatic carbocycles. The van der Waals surface area contributed by atoms with Crippen molar-refractivity contribution in [3.05, 3.63) is 27.7 Å². The molecule has 100 valence electrons.